The van der Waals surface area contributed by atoms with E-state index in [1.807, 2.05) is 30.3 Å². The van der Waals surface area contributed by atoms with Crippen molar-refractivity contribution in [2.45, 2.75) is 25.3 Å². The minimum Gasteiger partial charge on any atom is -0.385 e. The van der Waals surface area contributed by atoms with Crippen LogP contribution in [0, 0.1) is 5.92 Å². The molecule has 2 amide bonds. The molecule has 0 aromatic heterocycles. The van der Waals surface area contributed by atoms with Crippen molar-refractivity contribution in [2.24, 2.45) is 11.7 Å². The van der Waals surface area contributed by atoms with Gasteiger partial charge < -0.3 is 15.8 Å². The highest BCUT2D eigenvalue weighted by molar-refractivity contribution is 5.81. The number of amides is 2. The lowest BCUT2D eigenvalue weighted by molar-refractivity contribution is -0.127. The summed E-state index contributed by atoms with van der Waals surface area (Å²) in [4.78, 5) is 26.2. The van der Waals surface area contributed by atoms with Crippen molar-refractivity contribution in [3.05, 3.63) is 35.9 Å². The van der Waals surface area contributed by atoms with E-state index >= 15 is 0 Å². The van der Waals surface area contributed by atoms with Gasteiger partial charge in [-0.15, -0.1) is 0 Å². The van der Waals surface area contributed by atoms with Gasteiger partial charge in [0, 0.05) is 26.2 Å². The first kappa shape index (κ1) is 18.4. The molecule has 1 unspecified atom stereocenters. The molecule has 1 fully saturated rings. The van der Waals surface area contributed by atoms with Gasteiger partial charge in [0.25, 0.3) is 0 Å². The van der Waals surface area contributed by atoms with E-state index in [1.54, 1.807) is 7.11 Å². The molecule has 6 nitrogen and oxygen atoms in total. The molecule has 1 aliphatic heterocycles. The van der Waals surface area contributed by atoms with Crippen LogP contribution in [0.1, 0.15) is 30.9 Å². The summed E-state index contributed by atoms with van der Waals surface area (Å²) in [6.45, 7) is 2.67. The Morgan fingerprint density at radius 3 is 2.54 bits per heavy atom. The monoisotopic (exact) mass is 333 g/mol. The third kappa shape index (κ3) is 5.04. The van der Waals surface area contributed by atoms with E-state index in [4.69, 9.17) is 10.5 Å². The van der Waals surface area contributed by atoms with Gasteiger partial charge in [0.15, 0.2) is 0 Å². The van der Waals surface area contributed by atoms with Crippen molar-refractivity contribution < 1.29 is 14.3 Å². The van der Waals surface area contributed by atoms with E-state index in [-0.39, 0.29) is 17.7 Å². The van der Waals surface area contributed by atoms with Gasteiger partial charge in [0.1, 0.15) is 6.04 Å². The SMILES string of the molecule is COCCCNC(=O)C1CCN(C(C(N)=O)c2ccccc2)CC1. The number of methoxy groups -OCH3 is 1. The molecular formula is C18H27N3O3. The van der Waals surface area contributed by atoms with E-state index in [9.17, 15) is 9.59 Å². The Labute approximate surface area is 143 Å². The lowest BCUT2D eigenvalue weighted by Gasteiger charge is -2.35. The van der Waals surface area contributed by atoms with Gasteiger partial charge in [0.05, 0.1) is 0 Å². The number of nitrogens with zero attached hydrogens (tertiary/aromatic N) is 1. The van der Waals surface area contributed by atoms with Crippen LogP contribution in [-0.4, -0.2) is 50.1 Å². The fraction of sp³-hybridized carbons (Fsp3) is 0.556. The van der Waals surface area contributed by atoms with Crippen LogP contribution in [0.5, 0.6) is 0 Å². The maximum Gasteiger partial charge on any atom is 0.239 e. The summed E-state index contributed by atoms with van der Waals surface area (Å²) in [5, 5.41) is 2.96. The topological polar surface area (TPSA) is 84.7 Å². The van der Waals surface area contributed by atoms with Gasteiger partial charge in [-0.25, -0.2) is 0 Å². The lowest BCUT2D eigenvalue weighted by atomic mass is 9.93. The Morgan fingerprint density at radius 2 is 1.96 bits per heavy atom. The lowest BCUT2D eigenvalue weighted by Crippen LogP contribution is -2.45. The zero-order valence-electron chi connectivity index (χ0n) is 14.2. The fourth-order valence-electron chi connectivity index (χ4n) is 3.18. The number of ether oxygens (including phenoxy) is 1. The third-order valence-electron chi connectivity index (χ3n) is 4.47. The van der Waals surface area contributed by atoms with E-state index in [0.29, 0.717) is 26.2 Å². The first-order valence-electron chi connectivity index (χ1n) is 8.48. The molecule has 3 N–H and O–H groups in total. The summed E-state index contributed by atoms with van der Waals surface area (Å²) >= 11 is 0. The fourth-order valence-corrected chi connectivity index (χ4v) is 3.18. The Hall–Kier alpha value is -1.92. The second-order valence-electron chi connectivity index (χ2n) is 6.16. The van der Waals surface area contributed by atoms with Gasteiger partial charge >= 0.3 is 0 Å². The smallest absolute Gasteiger partial charge is 0.239 e. The maximum absolute atomic E-state index is 12.2. The van der Waals surface area contributed by atoms with Crippen molar-refractivity contribution in [1.29, 1.82) is 0 Å². The number of piperidine rings is 1. The number of carbonyl (C=O) groups is 2. The number of primary amides is 1. The van der Waals surface area contributed by atoms with Crippen LogP contribution in [0.15, 0.2) is 30.3 Å². The summed E-state index contributed by atoms with van der Waals surface area (Å²) in [6.07, 6.45) is 2.30. The number of benzene rings is 1. The van der Waals surface area contributed by atoms with Crippen LogP contribution >= 0.6 is 0 Å². The molecule has 1 saturated heterocycles. The number of nitrogens with one attached hydrogen (secondary N) is 1. The van der Waals surface area contributed by atoms with Crippen LogP contribution in [0.4, 0.5) is 0 Å². The van der Waals surface area contributed by atoms with Crippen molar-refractivity contribution in [1.82, 2.24) is 10.2 Å². The molecule has 0 aliphatic carbocycles. The Morgan fingerprint density at radius 1 is 1.29 bits per heavy atom. The molecule has 1 aliphatic rings. The van der Waals surface area contributed by atoms with Gasteiger partial charge in [-0.05, 0) is 37.9 Å². The van der Waals surface area contributed by atoms with Crippen LogP contribution in [0.3, 0.4) is 0 Å². The molecule has 1 atom stereocenters. The quantitative estimate of drug-likeness (QED) is 0.697. The molecule has 24 heavy (non-hydrogen) atoms. The Balaban J connectivity index is 1.86. The minimum absolute atomic E-state index is 0.00750. The van der Waals surface area contributed by atoms with E-state index in [0.717, 1.165) is 24.8 Å². The molecule has 0 radical (unpaired) electrons. The number of likely N-dealkylation sites (tertiary alicyclic amines) is 1. The minimum atomic E-state index is -0.420. The summed E-state index contributed by atoms with van der Waals surface area (Å²) in [6, 6.07) is 9.16. The van der Waals surface area contributed by atoms with Crippen LogP contribution in [0.25, 0.3) is 0 Å². The standard InChI is InChI=1S/C18H27N3O3/c1-24-13-5-10-20-18(23)15-8-11-21(12-9-15)16(17(19)22)14-6-3-2-4-7-14/h2-4,6-7,15-16H,5,8-13H2,1H3,(H2,19,22)(H,20,23). The molecule has 0 spiro atoms. The molecular weight excluding hydrogens is 306 g/mol. The number of rotatable bonds is 8. The van der Waals surface area contributed by atoms with Crippen LogP contribution < -0.4 is 11.1 Å². The van der Waals surface area contributed by atoms with E-state index in [2.05, 4.69) is 10.2 Å². The molecule has 132 valence electrons. The zero-order chi connectivity index (χ0) is 17.4. The molecule has 1 heterocycles. The zero-order valence-corrected chi connectivity index (χ0v) is 14.2. The summed E-state index contributed by atoms with van der Waals surface area (Å²) in [5.41, 5.74) is 6.53. The van der Waals surface area contributed by atoms with E-state index in [1.165, 1.54) is 0 Å². The normalized spacial score (nSPS) is 17.4. The second-order valence-corrected chi connectivity index (χ2v) is 6.16. The van der Waals surface area contributed by atoms with Crippen LogP contribution in [-0.2, 0) is 14.3 Å². The van der Waals surface area contributed by atoms with Crippen LogP contribution in [0.2, 0.25) is 0 Å². The number of nitrogens with two attached hydrogens (primary N) is 1. The van der Waals surface area contributed by atoms with Gasteiger partial charge in [-0.3, -0.25) is 14.5 Å². The average molecular weight is 333 g/mol. The molecule has 1 aromatic carbocycles. The number of carbonyl (C=O) groups excluding carboxylic acids is 2. The number of hydrogen-bond donors (Lipinski definition) is 2. The molecule has 2 rings (SSSR count). The molecule has 1 aromatic rings. The van der Waals surface area contributed by atoms with Gasteiger partial charge in [-0.2, -0.15) is 0 Å². The summed E-state index contributed by atoms with van der Waals surface area (Å²) in [7, 11) is 1.65. The highest BCUT2D eigenvalue weighted by Gasteiger charge is 2.31. The molecule has 0 bridgehead atoms. The van der Waals surface area contributed by atoms with E-state index < -0.39 is 6.04 Å². The summed E-state index contributed by atoms with van der Waals surface area (Å²) in [5.74, 6) is -0.238. The first-order valence-corrected chi connectivity index (χ1v) is 8.48. The van der Waals surface area contributed by atoms with Gasteiger partial charge in [-0.1, -0.05) is 30.3 Å². The summed E-state index contributed by atoms with van der Waals surface area (Å²) < 4.78 is 4.97. The predicted molar refractivity (Wildman–Crippen MR) is 92.2 cm³/mol. The predicted octanol–water partition coefficient (Wildman–Crippen LogP) is 1.08. The molecule has 0 saturated carbocycles. The maximum atomic E-state index is 12.2. The van der Waals surface area contributed by atoms with Gasteiger partial charge in [0.2, 0.25) is 11.8 Å². The highest BCUT2D eigenvalue weighted by Crippen LogP contribution is 2.26. The number of hydrogen-bond acceptors (Lipinski definition) is 4. The van der Waals surface area contributed by atoms with Crippen molar-refractivity contribution in [2.75, 3.05) is 33.4 Å². The average Bonchev–Trinajstić information content (AvgIpc) is 2.60. The second kappa shape index (κ2) is 9.39. The van der Waals surface area contributed by atoms with Crippen molar-refractivity contribution in [3.8, 4) is 0 Å². The first-order chi connectivity index (χ1) is 11.6. The van der Waals surface area contributed by atoms with Crippen molar-refractivity contribution in [3.63, 3.8) is 0 Å². The Kier molecular flexibility index (Phi) is 7.21. The highest BCUT2D eigenvalue weighted by atomic mass is 16.5. The largest absolute Gasteiger partial charge is 0.385 e. The molecule has 6 heteroatoms. The third-order valence-corrected chi connectivity index (χ3v) is 4.47. The Bertz CT molecular complexity index is 528. The van der Waals surface area contributed by atoms with Crippen molar-refractivity contribution >= 4 is 11.8 Å².